The summed E-state index contributed by atoms with van der Waals surface area (Å²) in [5, 5.41) is 3.79. The molecule has 0 bridgehead atoms. The van der Waals surface area contributed by atoms with Crippen LogP contribution in [0.25, 0.3) is 0 Å². The van der Waals surface area contributed by atoms with Gasteiger partial charge in [0.2, 0.25) is 0 Å². The van der Waals surface area contributed by atoms with Crippen LogP contribution in [-0.4, -0.2) is 25.8 Å². The first-order valence-electron chi connectivity index (χ1n) is 6.55. The first kappa shape index (κ1) is 11.4. The van der Waals surface area contributed by atoms with E-state index in [2.05, 4.69) is 19.2 Å². The average Bonchev–Trinajstić information content (AvgIpc) is 2.24. The van der Waals surface area contributed by atoms with E-state index in [1.807, 2.05) is 0 Å². The first-order chi connectivity index (χ1) is 7.23. The summed E-state index contributed by atoms with van der Waals surface area (Å²) in [6.45, 7) is 7.70. The highest BCUT2D eigenvalue weighted by molar-refractivity contribution is 4.87. The minimum atomic E-state index is 0.426. The monoisotopic (exact) mass is 211 g/mol. The molecular weight excluding hydrogens is 186 g/mol. The molecule has 1 saturated heterocycles. The fourth-order valence-electron chi connectivity index (χ4n) is 2.90. The Kier molecular flexibility index (Phi) is 3.68. The second kappa shape index (κ2) is 4.84. The van der Waals surface area contributed by atoms with Crippen LogP contribution >= 0.6 is 0 Å². The Labute approximate surface area is 93.8 Å². The Hall–Kier alpha value is -0.0800. The molecule has 2 rings (SSSR count). The lowest BCUT2D eigenvalue weighted by Gasteiger charge is -2.41. The largest absolute Gasteiger partial charge is 0.380 e. The SMILES string of the molecule is CCC1CCCCC1NCC1(C)COC1. The van der Waals surface area contributed by atoms with Crippen LogP contribution in [0.3, 0.4) is 0 Å². The van der Waals surface area contributed by atoms with Gasteiger partial charge in [0.25, 0.3) is 0 Å². The van der Waals surface area contributed by atoms with Gasteiger partial charge in [0.15, 0.2) is 0 Å². The van der Waals surface area contributed by atoms with Crippen LogP contribution in [0.4, 0.5) is 0 Å². The van der Waals surface area contributed by atoms with Crippen molar-refractivity contribution >= 4 is 0 Å². The van der Waals surface area contributed by atoms with E-state index in [9.17, 15) is 0 Å². The highest BCUT2D eigenvalue weighted by Gasteiger charge is 2.34. The third-order valence-electron chi connectivity index (χ3n) is 4.13. The summed E-state index contributed by atoms with van der Waals surface area (Å²) in [6, 6.07) is 0.779. The van der Waals surface area contributed by atoms with E-state index in [0.29, 0.717) is 5.41 Å². The van der Waals surface area contributed by atoms with E-state index >= 15 is 0 Å². The Morgan fingerprint density at radius 2 is 2.00 bits per heavy atom. The standard InChI is InChI=1S/C13H25NO/c1-3-11-6-4-5-7-12(11)14-8-13(2)9-15-10-13/h11-12,14H,3-10H2,1-2H3. The van der Waals surface area contributed by atoms with Gasteiger partial charge >= 0.3 is 0 Å². The topological polar surface area (TPSA) is 21.3 Å². The van der Waals surface area contributed by atoms with Crippen molar-refractivity contribution in [1.82, 2.24) is 5.32 Å². The van der Waals surface area contributed by atoms with E-state index in [1.54, 1.807) is 0 Å². The Balaban J connectivity index is 1.76. The van der Waals surface area contributed by atoms with Crippen LogP contribution in [0.1, 0.15) is 46.0 Å². The van der Waals surface area contributed by atoms with Gasteiger partial charge in [-0.05, 0) is 18.8 Å². The normalized spacial score (nSPS) is 34.8. The molecule has 2 atom stereocenters. The molecule has 15 heavy (non-hydrogen) atoms. The number of hydrogen-bond donors (Lipinski definition) is 1. The van der Waals surface area contributed by atoms with Crippen molar-refractivity contribution in [3.05, 3.63) is 0 Å². The molecule has 0 radical (unpaired) electrons. The van der Waals surface area contributed by atoms with E-state index in [1.165, 1.54) is 32.1 Å². The molecule has 0 aromatic heterocycles. The van der Waals surface area contributed by atoms with Crippen molar-refractivity contribution in [1.29, 1.82) is 0 Å². The molecule has 2 unspecified atom stereocenters. The third-order valence-corrected chi connectivity index (χ3v) is 4.13. The maximum atomic E-state index is 5.29. The second-order valence-corrected chi connectivity index (χ2v) is 5.74. The second-order valence-electron chi connectivity index (χ2n) is 5.74. The molecule has 2 heteroatoms. The number of hydrogen-bond acceptors (Lipinski definition) is 2. The third kappa shape index (κ3) is 2.73. The predicted octanol–water partition coefficient (Wildman–Crippen LogP) is 2.58. The van der Waals surface area contributed by atoms with Gasteiger partial charge in [-0.1, -0.05) is 33.1 Å². The van der Waals surface area contributed by atoms with Gasteiger partial charge in [0.05, 0.1) is 13.2 Å². The zero-order valence-electron chi connectivity index (χ0n) is 10.2. The van der Waals surface area contributed by atoms with E-state index in [4.69, 9.17) is 4.74 Å². The van der Waals surface area contributed by atoms with Gasteiger partial charge in [-0.15, -0.1) is 0 Å². The van der Waals surface area contributed by atoms with Crippen molar-refractivity contribution < 1.29 is 4.74 Å². The Morgan fingerprint density at radius 3 is 2.60 bits per heavy atom. The molecule has 1 heterocycles. The van der Waals surface area contributed by atoms with Crippen molar-refractivity contribution in [2.24, 2.45) is 11.3 Å². The van der Waals surface area contributed by atoms with Crippen LogP contribution in [0.15, 0.2) is 0 Å². The molecule has 0 amide bonds. The van der Waals surface area contributed by atoms with E-state index in [0.717, 1.165) is 31.7 Å². The molecule has 1 N–H and O–H groups in total. The van der Waals surface area contributed by atoms with Gasteiger partial charge in [0.1, 0.15) is 0 Å². The molecule has 2 aliphatic rings. The summed E-state index contributed by atoms with van der Waals surface area (Å²) in [5.74, 6) is 0.920. The molecular formula is C13H25NO. The highest BCUT2D eigenvalue weighted by atomic mass is 16.5. The van der Waals surface area contributed by atoms with Crippen molar-refractivity contribution in [2.75, 3.05) is 19.8 Å². The lowest BCUT2D eigenvalue weighted by molar-refractivity contribution is -0.101. The number of nitrogens with one attached hydrogen (secondary N) is 1. The zero-order valence-corrected chi connectivity index (χ0v) is 10.2. The van der Waals surface area contributed by atoms with Gasteiger partial charge in [-0.3, -0.25) is 0 Å². The minimum absolute atomic E-state index is 0.426. The van der Waals surface area contributed by atoms with Gasteiger partial charge in [0, 0.05) is 18.0 Å². The van der Waals surface area contributed by atoms with Crippen molar-refractivity contribution in [3.8, 4) is 0 Å². The van der Waals surface area contributed by atoms with Crippen LogP contribution < -0.4 is 5.32 Å². The smallest absolute Gasteiger partial charge is 0.0554 e. The summed E-state index contributed by atoms with van der Waals surface area (Å²) < 4.78 is 5.29. The average molecular weight is 211 g/mol. The molecule has 2 fully saturated rings. The van der Waals surface area contributed by atoms with Gasteiger partial charge in [-0.2, -0.15) is 0 Å². The molecule has 0 aromatic carbocycles. The van der Waals surface area contributed by atoms with Crippen LogP contribution in [-0.2, 0) is 4.74 Å². The lowest BCUT2D eigenvalue weighted by atomic mass is 9.81. The summed E-state index contributed by atoms with van der Waals surface area (Å²) in [5.41, 5.74) is 0.426. The molecule has 2 nitrogen and oxygen atoms in total. The molecule has 1 aliphatic heterocycles. The summed E-state index contributed by atoms with van der Waals surface area (Å²) in [7, 11) is 0. The Bertz CT molecular complexity index is 201. The maximum absolute atomic E-state index is 5.29. The highest BCUT2D eigenvalue weighted by Crippen LogP contribution is 2.29. The van der Waals surface area contributed by atoms with Crippen LogP contribution in [0, 0.1) is 11.3 Å². The Morgan fingerprint density at radius 1 is 1.27 bits per heavy atom. The molecule has 0 aromatic rings. The lowest BCUT2D eigenvalue weighted by Crippen LogP contribution is -2.51. The number of rotatable bonds is 4. The number of ether oxygens (including phenoxy) is 1. The van der Waals surface area contributed by atoms with Crippen molar-refractivity contribution in [2.45, 2.75) is 52.0 Å². The first-order valence-corrected chi connectivity index (χ1v) is 6.55. The van der Waals surface area contributed by atoms with Crippen molar-refractivity contribution in [3.63, 3.8) is 0 Å². The summed E-state index contributed by atoms with van der Waals surface area (Å²) in [6.07, 6.45) is 7.01. The summed E-state index contributed by atoms with van der Waals surface area (Å²) >= 11 is 0. The molecule has 1 saturated carbocycles. The summed E-state index contributed by atoms with van der Waals surface area (Å²) in [4.78, 5) is 0. The fourth-order valence-corrected chi connectivity index (χ4v) is 2.90. The fraction of sp³-hybridized carbons (Fsp3) is 1.00. The molecule has 0 spiro atoms. The molecule has 88 valence electrons. The van der Waals surface area contributed by atoms with E-state index < -0.39 is 0 Å². The van der Waals surface area contributed by atoms with E-state index in [-0.39, 0.29) is 0 Å². The quantitative estimate of drug-likeness (QED) is 0.771. The van der Waals surface area contributed by atoms with Crippen LogP contribution in [0.2, 0.25) is 0 Å². The van der Waals surface area contributed by atoms with Gasteiger partial charge in [-0.25, -0.2) is 0 Å². The molecule has 1 aliphatic carbocycles. The minimum Gasteiger partial charge on any atom is -0.380 e. The van der Waals surface area contributed by atoms with Gasteiger partial charge < -0.3 is 10.1 Å². The predicted molar refractivity (Wildman–Crippen MR) is 63.0 cm³/mol. The maximum Gasteiger partial charge on any atom is 0.0554 e. The van der Waals surface area contributed by atoms with Crippen LogP contribution in [0.5, 0.6) is 0 Å². The zero-order chi connectivity index (χ0) is 10.7.